The first-order valence-electron chi connectivity index (χ1n) is 7.23. The highest BCUT2D eigenvalue weighted by Crippen LogP contribution is 2.27. The molecule has 0 aliphatic heterocycles. The van der Waals surface area contributed by atoms with Crippen LogP contribution in [-0.2, 0) is 4.79 Å². The van der Waals surface area contributed by atoms with E-state index in [2.05, 4.69) is 15.8 Å². The number of ether oxygens (including phenoxy) is 1. The summed E-state index contributed by atoms with van der Waals surface area (Å²) >= 11 is 5.91. The predicted molar refractivity (Wildman–Crippen MR) is 94.2 cm³/mol. The zero-order chi connectivity index (χ0) is 18.2. The third-order valence-corrected chi connectivity index (χ3v) is 3.50. The molecule has 2 aromatic carbocycles. The molecule has 3 N–H and O–H groups in total. The fourth-order valence-electron chi connectivity index (χ4n) is 1.92. The summed E-state index contributed by atoms with van der Waals surface area (Å²) in [5.74, 6) is -0.786. The Morgan fingerprint density at radius 3 is 2.72 bits per heavy atom. The van der Waals surface area contributed by atoms with Gasteiger partial charge in [0.05, 0.1) is 30.5 Å². The van der Waals surface area contributed by atoms with Crippen LogP contribution in [0.1, 0.15) is 15.9 Å². The number of amides is 2. The van der Waals surface area contributed by atoms with Crippen molar-refractivity contribution in [1.82, 2.24) is 10.7 Å². The molecule has 130 valence electrons. The number of phenols is 1. The number of hydrogen-bond donors (Lipinski definition) is 3. The normalized spacial score (nSPS) is 10.5. The number of hydrazone groups is 1. The molecule has 0 saturated heterocycles. The Hall–Kier alpha value is -3.06. The van der Waals surface area contributed by atoms with Gasteiger partial charge in [-0.1, -0.05) is 29.8 Å². The van der Waals surface area contributed by atoms with Crippen LogP contribution in [0.25, 0.3) is 0 Å². The first-order valence-corrected chi connectivity index (χ1v) is 7.61. The molecule has 0 fully saturated rings. The summed E-state index contributed by atoms with van der Waals surface area (Å²) < 4.78 is 4.97. The summed E-state index contributed by atoms with van der Waals surface area (Å²) in [6.07, 6.45) is 1.27. The van der Waals surface area contributed by atoms with E-state index in [-0.39, 0.29) is 17.9 Å². The van der Waals surface area contributed by atoms with E-state index in [9.17, 15) is 14.7 Å². The highest BCUT2D eigenvalue weighted by atomic mass is 35.5. The average Bonchev–Trinajstić information content (AvgIpc) is 2.61. The zero-order valence-corrected chi connectivity index (χ0v) is 14.1. The summed E-state index contributed by atoms with van der Waals surface area (Å²) in [6, 6.07) is 11.4. The van der Waals surface area contributed by atoms with Crippen molar-refractivity contribution < 1.29 is 19.4 Å². The number of nitrogens with zero attached hydrogens (tertiary/aromatic N) is 1. The summed E-state index contributed by atoms with van der Waals surface area (Å²) in [5.41, 5.74) is 2.90. The van der Waals surface area contributed by atoms with Crippen LogP contribution in [0.15, 0.2) is 47.6 Å². The third-order valence-electron chi connectivity index (χ3n) is 3.17. The van der Waals surface area contributed by atoms with Gasteiger partial charge in [-0.2, -0.15) is 5.10 Å². The Kier molecular flexibility index (Phi) is 6.36. The van der Waals surface area contributed by atoms with Gasteiger partial charge in [0.25, 0.3) is 11.8 Å². The molecule has 0 aromatic heterocycles. The standard InChI is InChI=1S/C17H16ClN3O4/c1-25-14-8-4-5-11(16(14)23)9-20-21-15(22)10-19-17(24)12-6-2-3-7-13(12)18/h2-9,23H,10H2,1H3,(H,19,24)(H,21,22)/b20-9+. The number of phenolic OH excluding ortho intramolecular Hbond substituents is 1. The lowest BCUT2D eigenvalue weighted by molar-refractivity contribution is -0.120. The predicted octanol–water partition coefficient (Wildman–Crippen LogP) is 1.93. The molecule has 7 nitrogen and oxygen atoms in total. The number of nitrogens with one attached hydrogen (secondary N) is 2. The summed E-state index contributed by atoms with van der Waals surface area (Å²) in [7, 11) is 1.43. The first-order chi connectivity index (χ1) is 12.0. The quantitative estimate of drug-likeness (QED) is 0.540. The minimum Gasteiger partial charge on any atom is -0.504 e. The van der Waals surface area contributed by atoms with Gasteiger partial charge in [0.15, 0.2) is 11.5 Å². The molecule has 0 bridgehead atoms. The van der Waals surface area contributed by atoms with Crippen molar-refractivity contribution in [3.63, 3.8) is 0 Å². The number of para-hydroxylation sites is 1. The number of rotatable bonds is 6. The van der Waals surface area contributed by atoms with Crippen LogP contribution in [0.4, 0.5) is 0 Å². The maximum Gasteiger partial charge on any atom is 0.259 e. The van der Waals surface area contributed by atoms with E-state index in [0.29, 0.717) is 16.3 Å². The van der Waals surface area contributed by atoms with Crippen molar-refractivity contribution in [2.45, 2.75) is 0 Å². The Morgan fingerprint density at radius 2 is 2.00 bits per heavy atom. The van der Waals surface area contributed by atoms with Gasteiger partial charge >= 0.3 is 0 Å². The molecular formula is C17H16ClN3O4. The van der Waals surface area contributed by atoms with Gasteiger partial charge in [-0.05, 0) is 24.3 Å². The zero-order valence-electron chi connectivity index (χ0n) is 13.3. The largest absolute Gasteiger partial charge is 0.504 e. The van der Waals surface area contributed by atoms with E-state index in [1.165, 1.54) is 13.3 Å². The molecule has 0 heterocycles. The maximum absolute atomic E-state index is 11.9. The number of carbonyl (C=O) groups is 2. The van der Waals surface area contributed by atoms with Gasteiger partial charge in [0, 0.05) is 5.56 Å². The van der Waals surface area contributed by atoms with E-state index >= 15 is 0 Å². The number of halogens is 1. The van der Waals surface area contributed by atoms with Gasteiger partial charge in [0.2, 0.25) is 0 Å². The molecule has 0 radical (unpaired) electrons. The smallest absolute Gasteiger partial charge is 0.259 e. The Bertz CT molecular complexity index is 808. The van der Waals surface area contributed by atoms with Crippen LogP contribution in [0, 0.1) is 0 Å². The van der Waals surface area contributed by atoms with E-state index in [1.807, 2.05) is 0 Å². The van der Waals surface area contributed by atoms with Gasteiger partial charge < -0.3 is 15.2 Å². The molecule has 0 unspecified atom stereocenters. The molecule has 25 heavy (non-hydrogen) atoms. The van der Waals surface area contributed by atoms with Gasteiger partial charge in [-0.25, -0.2) is 5.43 Å². The fourth-order valence-corrected chi connectivity index (χ4v) is 2.14. The van der Waals surface area contributed by atoms with Gasteiger partial charge in [0.1, 0.15) is 0 Å². The van der Waals surface area contributed by atoms with Gasteiger partial charge in [-0.15, -0.1) is 0 Å². The highest BCUT2D eigenvalue weighted by Gasteiger charge is 2.10. The second kappa shape index (κ2) is 8.70. The SMILES string of the molecule is COc1cccc(/C=N/NC(=O)CNC(=O)c2ccccc2Cl)c1O. The molecule has 0 aliphatic carbocycles. The summed E-state index contributed by atoms with van der Waals surface area (Å²) in [6.45, 7) is -0.272. The van der Waals surface area contributed by atoms with Crippen molar-refractivity contribution in [2.75, 3.05) is 13.7 Å². The van der Waals surface area contributed by atoms with E-state index < -0.39 is 11.8 Å². The second-order valence-corrected chi connectivity index (χ2v) is 5.26. The van der Waals surface area contributed by atoms with Crippen molar-refractivity contribution in [3.8, 4) is 11.5 Å². The molecule has 8 heteroatoms. The van der Waals surface area contributed by atoms with Crippen molar-refractivity contribution in [2.24, 2.45) is 5.10 Å². The summed E-state index contributed by atoms with van der Waals surface area (Å²) in [4.78, 5) is 23.6. The number of hydrogen-bond acceptors (Lipinski definition) is 5. The van der Waals surface area contributed by atoms with Crippen molar-refractivity contribution >= 4 is 29.6 Å². The molecule has 0 spiro atoms. The lowest BCUT2D eigenvalue weighted by Crippen LogP contribution is -2.35. The molecule has 2 amide bonds. The van der Waals surface area contributed by atoms with E-state index in [0.717, 1.165) is 0 Å². The maximum atomic E-state index is 11.9. The lowest BCUT2D eigenvalue weighted by atomic mass is 10.2. The lowest BCUT2D eigenvalue weighted by Gasteiger charge is -2.06. The molecule has 0 aliphatic rings. The second-order valence-electron chi connectivity index (χ2n) is 4.85. The Labute approximate surface area is 149 Å². The molecule has 2 aromatic rings. The number of benzene rings is 2. The van der Waals surface area contributed by atoms with Crippen LogP contribution in [-0.4, -0.2) is 36.8 Å². The topological polar surface area (TPSA) is 100 Å². The van der Waals surface area contributed by atoms with E-state index in [1.54, 1.807) is 42.5 Å². The third kappa shape index (κ3) is 4.95. The minimum atomic E-state index is -0.529. The monoisotopic (exact) mass is 361 g/mol. The van der Waals surface area contributed by atoms with Crippen LogP contribution in [0.5, 0.6) is 11.5 Å². The Balaban J connectivity index is 1.87. The Morgan fingerprint density at radius 1 is 1.24 bits per heavy atom. The van der Waals surface area contributed by atoms with Crippen molar-refractivity contribution in [1.29, 1.82) is 0 Å². The number of methoxy groups -OCH3 is 1. The van der Waals surface area contributed by atoms with Crippen LogP contribution in [0.3, 0.4) is 0 Å². The molecule has 0 saturated carbocycles. The number of carbonyl (C=O) groups excluding carboxylic acids is 2. The minimum absolute atomic E-state index is 0.0879. The molecular weight excluding hydrogens is 346 g/mol. The first kappa shape index (κ1) is 18.3. The highest BCUT2D eigenvalue weighted by molar-refractivity contribution is 6.33. The fraction of sp³-hybridized carbons (Fsp3) is 0.118. The molecule has 0 atom stereocenters. The summed E-state index contributed by atoms with van der Waals surface area (Å²) in [5, 5.41) is 16.3. The van der Waals surface area contributed by atoms with Crippen LogP contribution >= 0.6 is 11.6 Å². The molecule has 2 rings (SSSR count). The van der Waals surface area contributed by atoms with Gasteiger partial charge in [-0.3, -0.25) is 9.59 Å². The van der Waals surface area contributed by atoms with Crippen LogP contribution in [0.2, 0.25) is 5.02 Å². The van der Waals surface area contributed by atoms with Crippen molar-refractivity contribution in [3.05, 3.63) is 58.6 Å². The average molecular weight is 362 g/mol. The van der Waals surface area contributed by atoms with E-state index in [4.69, 9.17) is 16.3 Å². The van der Waals surface area contributed by atoms with Crippen LogP contribution < -0.4 is 15.5 Å². The number of aromatic hydroxyl groups is 1.